The average Bonchev–Trinajstić information content (AvgIpc) is 2.55. The van der Waals surface area contributed by atoms with E-state index in [-0.39, 0.29) is 0 Å². The lowest BCUT2D eigenvalue weighted by atomic mass is 10.0. The van der Waals surface area contributed by atoms with Crippen molar-refractivity contribution >= 4 is 5.65 Å². The van der Waals surface area contributed by atoms with Crippen LogP contribution in [0.25, 0.3) is 5.65 Å². The lowest BCUT2D eigenvalue weighted by Crippen LogP contribution is -2.01. The molecule has 0 atom stereocenters. The zero-order valence-corrected chi connectivity index (χ0v) is 10.7. The molecule has 0 N–H and O–H groups in total. The van der Waals surface area contributed by atoms with Crippen LogP contribution >= 0.6 is 0 Å². The summed E-state index contributed by atoms with van der Waals surface area (Å²) in [5.74, 6) is 0.925. The Kier molecular flexibility index (Phi) is 2.70. The fraction of sp³-hybridized carbons (Fsp3) is 0.538. The third kappa shape index (κ3) is 1.70. The van der Waals surface area contributed by atoms with Crippen LogP contribution in [0.2, 0.25) is 0 Å². The van der Waals surface area contributed by atoms with Crippen LogP contribution in [0, 0.1) is 6.92 Å². The molecule has 0 spiro atoms. The Balaban J connectivity index is 2.75. The molecule has 0 unspecified atom stereocenters. The van der Waals surface area contributed by atoms with Crippen molar-refractivity contribution in [1.29, 1.82) is 0 Å². The predicted molar refractivity (Wildman–Crippen MR) is 65.9 cm³/mol. The van der Waals surface area contributed by atoms with Gasteiger partial charge >= 0.3 is 0 Å². The van der Waals surface area contributed by atoms with Gasteiger partial charge in [0.2, 0.25) is 0 Å². The molecule has 3 heteroatoms. The maximum absolute atomic E-state index is 4.72. The molecule has 0 aliphatic rings. The van der Waals surface area contributed by atoms with Crippen LogP contribution in [-0.4, -0.2) is 14.4 Å². The van der Waals surface area contributed by atoms with E-state index in [1.54, 1.807) is 0 Å². The highest BCUT2D eigenvalue weighted by atomic mass is 15.1. The molecule has 0 aromatic carbocycles. The van der Waals surface area contributed by atoms with E-state index in [0.717, 1.165) is 11.3 Å². The maximum atomic E-state index is 4.72. The first kappa shape index (κ1) is 11.1. The van der Waals surface area contributed by atoms with Crippen molar-refractivity contribution in [1.82, 2.24) is 14.4 Å². The third-order valence-electron chi connectivity index (χ3n) is 2.81. The van der Waals surface area contributed by atoms with Crippen molar-refractivity contribution in [3.05, 3.63) is 29.5 Å². The van der Waals surface area contributed by atoms with E-state index in [9.17, 15) is 0 Å². The Morgan fingerprint density at radius 2 is 1.81 bits per heavy atom. The molecule has 0 amide bonds. The first-order valence-corrected chi connectivity index (χ1v) is 5.85. The number of nitrogens with zero attached hydrogens (tertiary/aromatic N) is 3. The Morgan fingerprint density at radius 3 is 2.38 bits per heavy atom. The van der Waals surface area contributed by atoms with Gasteiger partial charge in [-0.15, -0.1) is 0 Å². The van der Waals surface area contributed by atoms with Gasteiger partial charge in [0.05, 0.1) is 5.69 Å². The SMILES string of the molecule is Cc1cc2nc(C(C)C)c(C(C)C)n2cn1. The van der Waals surface area contributed by atoms with Crippen LogP contribution in [-0.2, 0) is 0 Å². The molecular formula is C13H19N3. The Morgan fingerprint density at radius 1 is 1.12 bits per heavy atom. The largest absolute Gasteiger partial charge is 0.287 e. The molecule has 2 aromatic heterocycles. The minimum atomic E-state index is 0.456. The van der Waals surface area contributed by atoms with Gasteiger partial charge in [0, 0.05) is 17.5 Å². The van der Waals surface area contributed by atoms with Crippen LogP contribution in [0.5, 0.6) is 0 Å². The fourth-order valence-electron chi connectivity index (χ4n) is 2.08. The summed E-state index contributed by atoms with van der Waals surface area (Å²) >= 11 is 0. The molecule has 0 radical (unpaired) electrons. The fourth-order valence-corrected chi connectivity index (χ4v) is 2.08. The minimum absolute atomic E-state index is 0.456. The molecule has 0 bridgehead atoms. The number of hydrogen-bond acceptors (Lipinski definition) is 2. The average molecular weight is 217 g/mol. The number of fused-ring (bicyclic) bond motifs is 1. The van der Waals surface area contributed by atoms with Crippen molar-refractivity contribution in [2.24, 2.45) is 0 Å². The van der Waals surface area contributed by atoms with Crippen molar-refractivity contribution in [3.63, 3.8) is 0 Å². The topological polar surface area (TPSA) is 30.2 Å². The predicted octanol–water partition coefficient (Wildman–Crippen LogP) is 3.28. The van der Waals surface area contributed by atoms with Gasteiger partial charge in [-0.1, -0.05) is 27.7 Å². The smallest absolute Gasteiger partial charge is 0.140 e. The van der Waals surface area contributed by atoms with Crippen LogP contribution in [0.1, 0.15) is 56.6 Å². The van der Waals surface area contributed by atoms with Gasteiger partial charge < -0.3 is 0 Å². The molecule has 0 aliphatic heterocycles. The number of aryl methyl sites for hydroxylation is 1. The van der Waals surface area contributed by atoms with E-state index in [0.29, 0.717) is 11.8 Å². The summed E-state index contributed by atoms with van der Waals surface area (Å²) in [5, 5.41) is 0. The van der Waals surface area contributed by atoms with Gasteiger partial charge in [0.15, 0.2) is 0 Å². The number of imidazole rings is 1. The van der Waals surface area contributed by atoms with Crippen LogP contribution in [0.15, 0.2) is 12.4 Å². The molecule has 3 nitrogen and oxygen atoms in total. The van der Waals surface area contributed by atoms with E-state index in [1.807, 2.05) is 19.3 Å². The van der Waals surface area contributed by atoms with Crippen molar-refractivity contribution in [2.45, 2.75) is 46.5 Å². The highest BCUT2D eigenvalue weighted by molar-refractivity contribution is 5.45. The van der Waals surface area contributed by atoms with E-state index < -0.39 is 0 Å². The molecule has 0 fully saturated rings. The molecule has 0 aliphatic carbocycles. The second-order valence-corrected chi connectivity index (χ2v) is 4.95. The Bertz CT molecular complexity index is 509. The highest BCUT2D eigenvalue weighted by Crippen LogP contribution is 2.26. The van der Waals surface area contributed by atoms with Gasteiger partial charge in [-0.2, -0.15) is 0 Å². The Labute approximate surface area is 96.5 Å². The normalized spacial score (nSPS) is 11.9. The van der Waals surface area contributed by atoms with E-state index in [1.165, 1.54) is 11.4 Å². The maximum Gasteiger partial charge on any atom is 0.140 e. The number of hydrogen-bond donors (Lipinski definition) is 0. The monoisotopic (exact) mass is 217 g/mol. The summed E-state index contributed by atoms with van der Waals surface area (Å²) in [6.45, 7) is 10.8. The van der Waals surface area contributed by atoms with Gasteiger partial charge in [-0.25, -0.2) is 9.97 Å². The van der Waals surface area contributed by atoms with E-state index in [2.05, 4.69) is 37.1 Å². The molecule has 2 aromatic rings. The summed E-state index contributed by atoms with van der Waals surface area (Å²) in [6.07, 6.45) is 1.89. The summed E-state index contributed by atoms with van der Waals surface area (Å²) in [7, 11) is 0. The first-order valence-electron chi connectivity index (χ1n) is 5.85. The molecule has 16 heavy (non-hydrogen) atoms. The minimum Gasteiger partial charge on any atom is -0.287 e. The summed E-state index contributed by atoms with van der Waals surface area (Å²) in [4.78, 5) is 9.06. The van der Waals surface area contributed by atoms with Crippen molar-refractivity contribution in [3.8, 4) is 0 Å². The van der Waals surface area contributed by atoms with Crippen LogP contribution in [0.3, 0.4) is 0 Å². The molecule has 0 saturated heterocycles. The lowest BCUT2D eigenvalue weighted by Gasteiger charge is -2.10. The van der Waals surface area contributed by atoms with Gasteiger partial charge in [-0.3, -0.25) is 4.40 Å². The lowest BCUT2D eigenvalue weighted by molar-refractivity contribution is 0.742. The molecular weight excluding hydrogens is 198 g/mol. The van der Waals surface area contributed by atoms with E-state index >= 15 is 0 Å². The van der Waals surface area contributed by atoms with Crippen LogP contribution in [0.4, 0.5) is 0 Å². The summed E-state index contributed by atoms with van der Waals surface area (Å²) in [6, 6.07) is 2.04. The Hall–Kier alpha value is -1.38. The quantitative estimate of drug-likeness (QED) is 0.772. The van der Waals surface area contributed by atoms with Crippen molar-refractivity contribution < 1.29 is 0 Å². The molecule has 86 valence electrons. The van der Waals surface area contributed by atoms with Gasteiger partial charge in [0.1, 0.15) is 12.0 Å². The van der Waals surface area contributed by atoms with Gasteiger partial charge in [0.25, 0.3) is 0 Å². The zero-order chi connectivity index (χ0) is 11.9. The third-order valence-corrected chi connectivity index (χ3v) is 2.81. The number of rotatable bonds is 2. The summed E-state index contributed by atoms with van der Waals surface area (Å²) < 4.78 is 2.12. The zero-order valence-electron chi connectivity index (χ0n) is 10.7. The summed E-state index contributed by atoms with van der Waals surface area (Å²) in [5.41, 5.74) is 4.52. The standard InChI is InChI=1S/C13H19N3/c1-8(2)12-13(9(3)4)16-7-14-10(5)6-11(16)15-12/h6-9H,1-5H3. The molecule has 0 saturated carbocycles. The molecule has 2 rings (SSSR count). The first-order chi connectivity index (χ1) is 7.50. The highest BCUT2D eigenvalue weighted by Gasteiger charge is 2.17. The second kappa shape index (κ2) is 3.89. The van der Waals surface area contributed by atoms with E-state index in [4.69, 9.17) is 4.98 Å². The van der Waals surface area contributed by atoms with Crippen molar-refractivity contribution in [2.75, 3.05) is 0 Å². The molecule has 2 heterocycles. The van der Waals surface area contributed by atoms with Gasteiger partial charge in [-0.05, 0) is 18.8 Å². The van der Waals surface area contributed by atoms with Crippen LogP contribution < -0.4 is 0 Å². The second-order valence-electron chi connectivity index (χ2n) is 4.95. The number of aromatic nitrogens is 3.